The highest BCUT2D eigenvalue weighted by atomic mass is 16.5. The average molecular weight is 202 g/mol. The van der Waals surface area contributed by atoms with E-state index in [-0.39, 0.29) is 24.8 Å². The van der Waals surface area contributed by atoms with Crippen molar-refractivity contribution in [2.45, 2.75) is 33.1 Å². The minimum Gasteiger partial charge on any atom is -0.469 e. The molecule has 4 heteroatoms. The quantitative estimate of drug-likeness (QED) is 0.613. The Morgan fingerprint density at radius 3 is 2.21 bits per heavy atom. The summed E-state index contributed by atoms with van der Waals surface area (Å²) in [6, 6.07) is 0. The molecule has 0 unspecified atom stereocenters. The smallest absolute Gasteiger partial charge is 0.305 e. The summed E-state index contributed by atoms with van der Waals surface area (Å²) < 4.78 is 9.37. The Morgan fingerprint density at radius 2 is 1.71 bits per heavy atom. The molecular weight excluding hydrogens is 184 g/mol. The lowest BCUT2D eigenvalue weighted by molar-refractivity contribution is -0.145. The molecule has 0 radical (unpaired) electrons. The maximum atomic E-state index is 11.0. The fourth-order valence-corrected chi connectivity index (χ4v) is 0.811. The monoisotopic (exact) mass is 202 g/mol. The molecule has 0 aromatic carbocycles. The first-order valence-corrected chi connectivity index (χ1v) is 4.78. The Balaban J connectivity index is 3.40. The second kappa shape index (κ2) is 7.35. The van der Waals surface area contributed by atoms with Crippen molar-refractivity contribution in [3.8, 4) is 0 Å². The predicted molar refractivity (Wildman–Crippen MR) is 51.7 cm³/mol. The Morgan fingerprint density at radius 1 is 1.14 bits per heavy atom. The van der Waals surface area contributed by atoms with Crippen molar-refractivity contribution in [3.63, 3.8) is 0 Å². The molecule has 14 heavy (non-hydrogen) atoms. The maximum Gasteiger partial charge on any atom is 0.305 e. The fourth-order valence-electron chi connectivity index (χ4n) is 0.811. The zero-order chi connectivity index (χ0) is 11.0. The highest BCUT2D eigenvalue weighted by Crippen LogP contribution is 2.01. The second-order valence-electron chi connectivity index (χ2n) is 3.51. The molecule has 0 aliphatic rings. The van der Waals surface area contributed by atoms with Gasteiger partial charge in [0.15, 0.2) is 0 Å². The van der Waals surface area contributed by atoms with Crippen molar-refractivity contribution >= 4 is 11.9 Å². The van der Waals surface area contributed by atoms with Crippen LogP contribution in [0.5, 0.6) is 0 Å². The van der Waals surface area contributed by atoms with E-state index < -0.39 is 0 Å². The molecule has 4 nitrogen and oxygen atoms in total. The normalized spacial score (nSPS) is 10.0. The van der Waals surface area contributed by atoms with Crippen LogP contribution in [0.2, 0.25) is 0 Å². The zero-order valence-corrected chi connectivity index (χ0v) is 9.04. The summed E-state index contributed by atoms with van der Waals surface area (Å²) in [5.41, 5.74) is 0. The molecule has 0 aliphatic carbocycles. The van der Waals surface area contributed by atoms with Crippen LogP contribution in [-0.4, -0.2) is 25.7 Å². The largest absolute Gasteiger partial charge is 0.469 e. The van der Waals surface area contributed by atoms with Gasteiger partial charge in [-0.2, -0.15) is 0 Å². The number of hydrogen-bond acceptors (Lipinski definition) is 4. The predicted octanol–water partition coefficient (Wildman–Crippen LogP) is 1.53. The summed E-state index contributed by atoms with van der Waals surface area (Å²) in [4.78, 5) is 21.7. The van der Waals surface area contributed by atoms with Crippen LogP contribution >= 0.6 is 0 Å². The number of ether oxygens (including phenoxy) is 2. The van der Waals surface area contributed by atoms with Crippen LogP contribution in [-0.2, 0) is 19.1 Å². The third kappa shape index (κ3) is 7.58. The molecule has 0 saturated heterocycles. The third-order valence-corrected chi connectivity index (χ3v) is 1.57. The number of rotatable bonds is 6. The lowest BCUT2D eigenvalue weighted by atomic mass is 10.2. The standard InChI is InChI=1S/C10H18O4/c1-8(2)7-14-10(12)6-4-5-9(11)13-3/h8H,4-7H2,1-3H3. The number of esters is 2. The van der Waals surface area contributed by atoms with Gasteiger partial charge in [0, 0.05) is 12.8 Å². The Hall–Kier alpha value is -1.06. The van der Waals surface area contributed by atoms with Gasteiger partial charge in [-0.3, -0.25) is 9.59 Å². The van der Waals surface area contributed by atoms with Crippen molar-refractivity contribution in [1.82, 2.24) is 0 Å². The molecule has 0 aromatic rings. The molecule has 0 spiro atoms. The topological polar surface area (TPSA) is 52.6 Å². The molecule has 0 aliphatic heterocycles. The second-order valence-corrected chi connectivity index (χ2v) is 3.51. The molecule has 0 atom stereocenters. The first-order chi connectivity index (χ1) is 6.56. The van der Waals surface area contributed by atoms with Crippen molar-refractivity contribution in [1.29, 1.82) is 0 Å². The van der Waals surface area contributed by atoms with E-state index in [9.17, 15) is 9.59 Å². The number of hydrogen-bond donors (Lipinski definition) is 0. The van der Waals surface area contributed by atoms with Gasteiger partial charge in [0.2, 0.25) is 0 Å². The van der Waals surface area contributed by atoms with E-state index in [4.69, 9.17) is 4.74 Å². The van der Waals surface area contributed by atoms with Gasteiger partial charge >= 0.3 is 11.9 Å². The van der Waals surface area contributed by atoms with Crippen molar-refractivity contribution in [3.05, 3.63) is 0 Å². The van der Waals surface area contributed by atoms with E-state index in [1.54, 1.807) is 0 Å². The van der Waals surface area contributed by atoms with Gasteiger partial charge in [0.05, 0.1) is 13.7 Å². The molecule has 0 heterocycles. The van der Waals surface area contributed by atoms with E-state index in [2.05, 4.69) is 4.74 Å². The van der Waals surface area contributed by atoms with Crippen LogP contribution in [0.15, 0.2) is 0 Å². The SMILES string of the molecule is COC(=O)CCCC(=O)OCC(C)C. The minimum atomic E-state index is -0.290. The molecular formula is C10H18O4. The summed E-state index contributed by atoms with van der Waals surface area (Å²) in [7, 11) is 1.33. The van der Waals surface area contributed by atoms with Crippen LogP contribution in [0.25, 0.3) is 0 Å². The van der Waals surface area contributed by atoms with E-state index in [0.717, 1.165) is 0 Å². The zero-order valence-electron chi connectivity index (χ0n) is 9.04. The number of methoxy groups -OCH3 is 1. The molecule has 0 amide bonds. The van der Waals surface area contributed by atoms with Crippen LogP contribution in [0, 0.1) is 5.92 Å². The van der Waals surface area contributed by atoms with Gasteiger partial charge in [-0.1, -0.05) is 13.8 Å². The summed E-state index contributed by atoms with van der Waals surface area (Å²) >= 11 is 0. The van der Waals surface area contributed by atoms with E-state index >= 15 is 0 Å². The third-order valence-electron chi connectivity index (χ3n) is 1.57. The molecule has 0 bridgehead atoms. The molecule has 0 rings (SSSR count). The number of carbonyl (C=O) groups is 2. The van der Waals surface area contributed by atoms with Gasteiger partial charge in [-0.25, -0.2) is 0 Å². The molecule has 0 aromatic heterocycles. The molecule has 82 valence electrons. The Labute approximate surface area is 84.6 Å². The van der Waals surface area contributed by atoms with Gasteiger partial charge in [0.1, 0.15) is 0 Å². The van der Waals surface area contributed by atoms with E-state index in [1.165, 1.54) is 7.11 Å². The van der Waals surface area contributed by atoms with Crippen molar-refractivity contribution in [2.75, 3.05) is 13.7 Å². The summed E-state index contributed by atoms with van der Waals surface area (Å²) in [5.74, 6) is -0.191. The maximum absolute atomic E-state index is 11.0. The minimum absolute atomic E-state index is 0.248. The molecule has 0 N–H and O–H groups in total. The van der Waals surface area contributed by atoms with Crippen LogP contribution < -0.4 is 0 Å². The first-order valence-electron chi connectivity index (χ1n) is 4.78. The highest BCUT2D eigenvalue weighted by molar-refractivity contribution is 5.72. The number of carbonyl (C=O) groups excluding carboxylic acids is 2. The Kier molecular flexibility index (Phi) is 6.80. The van der Waals surface area contributed by atoms with Gasteiger partial charge < -0.3 is 9.47 Å². The fraction of sp³-hybridized carbons (Fsp3) is 0.800. The van der Waals surface area contributed by atoms with E-state index in [0.29, 0.717) is 18.9 Å². The lowest BCUT2D eigenvalue weighted by Gasteiger charge is -2.06. The van der Waals surface area contributed by atoms with Crippen LogP contribution in [0.1, 0.15) is 33.1 Å². The molecule has 0 fully saturated rings. The van der Waals surface area contributed by atoms with Crippen molar-refractivity contribution < 1.29 is 19.1 Å². The summed E-state index contributed by atoms with van der Waals surface area (Å²) in [6.07, 6.45) is 1.04. The summed E-state index contributed by atoms with van der Waals surface area (Å²) in [5, 5.41) is 0. The van der Waals surface area contributed by atoms with Gasteiger partial charge in [-0.05, 0) is 12.3 Å². The van der Waals surface area contributed by atoms with E-state index in [1.807, 2.05) is 13.8 Å². The highest BCUT2D eigenvalue weighted by Gasteiger charge is 2.06. The van der Waals surface area contributed by atoms with Gasteiger partial charge in [0.25, 0.3) is 0 Å². The summed E-state index contributed by atoms with van der Waals surface area (Å²) in [6.45, 7) is 4.39. The Bertz CT molecular complexity index is 187. The van der Waals surface area contributed by atoms with Crippen molar-refractivity contribution in [2.24, 2.45) is 5.92 Å². The van der Waals surface area contributed by atoms with Crippen LogP contribution in [0.3, 0.4) is 0 Å². The van der Waals surface area contributed by atoms with Gasteiger partial charge in [-0.15, -0.1) is 0 Å². The first kappa shape index (κ1) is 12.9. The van der Waals surface area contributed by atoms with Crippen LogP contribution in [0.4, 0.5) is 0 Å². The lowest BCUT2D eigenvalue weighted by Crippen LogP contribution is -2.10. The molecule has 0 saturated carbocycles. The average Bonchev–Trinajstić information content (AvgIpc) is 2.14.